The third-order valence-corrected chi connectivity index (χ3v) is 4.48. The second-order valence-corrected chi connectivity index (χ2v) is 9.55. The van der Waals surface area contributed by atoms with Crippen LogP contribution in [-0.2, 0) is 14.9 Å². The minimum Gasteiger partial charge on any atom is -0.444 e. The van der Waals surface area contributed by atoms with E-state index in [1.807, 2.05) is 12.1 Å². The summed E-state index contributed by atoms with van der Waals surface area (Å²) in [4.78, 5) is 36.7. The Balaban J connectivity index is 1.95. The minimum absolute atomic E-state index is 0.00419. The Kier molecular flexibility index (Phi) is 8.02. The molecule has 0 aliphatic carbocycles. The lowest BCUT2D eigenvalue weighted by atomic mass is 9.87. The molecule has 2 aromatic rings. The number of amides is 3. The summed E-state index contributed by atoms with van der Waals surface area (Å²) < 4.78 is 5.14. The quantitative estimate of drug-likeness (QED) is 0.584. The predicted octanol–water partition coefficient (Wildman–Crippen LogP) is 5.09. The van der Waals surface area contributed by atoms with Crippen molar-refractivity contribution >= 4 is 29.3 Å². The number of nitrogens with one attached hydrogen (secondary N) is 3. The highest BCUT2D eigenvalue weighted by Gasteiger charge is 2.17. The van der Waals surface area contributed by atoms with Gasteiger partial charge in [-0.25, -0.2) is 4.79 Å². The highest BCUT2D eigenvalue weighted by atomic mass is 16.6. The lowest BCUT2D eigenvalue weighted by molar-refractivity contribution is -0.116. The van der Waals surface area contributed by atoms with Crippen molar-refractivity contribution < 1.29 is 19.1 Å². The summed E-state index contributed by atoms with van der Waals surface area (Å²) in [5, 5.41) is 8.17. The topological polar surface area (TPSA) is 96.5 Å². The van der Waals surface area contributed by atoms with Crippen molar-refractivity contribution in [1.82, 2.24) is 5.32 Å². The summed E-state index contributed by atoms with van der Waals surface area (Å²) in [5.74, 6) is -0.559. The third kappa shape index (κ3) is 8.06. The van der Waals surface area contributed by atoms with E-state index in [1.165, 1.54) is 0 Å². The molecule has 0 spiro atoms. The molecule has 0 saturated heterocycles. The van der Waals surface area contributed by atoms with Crippen molar-refractivity contribution in [2.45, 2.75) is 59.0 Å². The highest BCUT2D eigenvalue weighted by Crippen LogP contribution is 2.24. The average molecular weight is 440 g/mol. The van der Waals surface area contributed by atoms with Gasteiger partial charge in [-0.3, -0.25) is 9.59 Å². The highest BCUT2D eigenvalue weighted by molar-refractivity contribution is 6.07. The van der Waals surface area contributed by atoms with Gasteiger partial charge >= 0.3 is 6.09 Å². The predicted molar refractivity (Wildman–Crippen MR) is 127 cm³/mol. The van der Waals surface area contributed by atoms with Crippen LogP contribution in [-0.4, -0.2) is 30.1 Å². The molecule has 0 aliphatic heterocycles. The normalized spacial score (nSPS) is 11.4. The number of ether oxygens (including phenoxy) is 1. The molecule has 0 unspecified atom stereocenters. The van der Waals surface area contributed by atoms with E-state index in [1.54, 1.807) is 57.2 Å². The van der Waals surface area contributed by atoms with Crippen LogP contribution < -0.4 is 16.0 Å². The van der Waals surface area contributed by atoms with Gasteiger partial charge < -0.3 is 20.7 Å². The molecule has 3 amide bonds. The Labute approximate surface area is 189 Å². The van der Waals surface area contributed by atoms with Crippen molar-refractivity contribution in [2.75, 3.05) is 17.2 Å². The molecular formula is C25H33N3O4. The molecule has 0 aliphatic rings. The van der Waals surface area contributed by atoms with E-state index >= 15 is 0 Å². The number of benzene rings is 2. The lowest BCUT2D eigenvalue weighted by Crippen LogP contribution is -2.34. The summed E-state index contributed by atoms with van der Waals surface area (Å²) in [5.41, 5.74) is 2.04. The fraction of sp³-hybridized carbons (Fsp3) is 0.400. The zero-order valence-corrected chi connectivity index (χ0v) is 19.7. The first kappa shape index (κ1) is 24.9. The Morgan fingerprint density at radius 1 is 0.812 bits per heavy atom. The second-order valence-electron chi connectivity index (χ2n) is 9.55. The number of anilines is 2. The molecule has 3 N–H and O–H groups in total. The van der Waals surface area contributed by atoms with Crippen LogP contribution in [0.2, 0.25) is 0 Å². The maximum Gasteiger partial charge on any atom is 0.407 e. The van der Waals surface area contributed by atoms with Gasteiger partial charge in [-0.05, 0) is 56.0 Å². The van der Waals surface area contributed by atoms with Crippen LogP contribution in [0, 0.1) is 0 Å². The second kappa shape index (κ2) is 10.3. The summed E-state index contributed by atoms with van der Waals surface area (Å²) in [7, 11) is 0. The van der Waals surface area contributed by atoms with Gasteiger partial charge in [0.05, 0.1) is 11.4 Å². The molecule has 2 aromatic carbocycles. The number of carbonyl (C=O) groups is 3. The Morgan fingerprint density at radius 2 is 1.38 bits per heavy atom. The van der Waals surface area contributed by atoms with Gasteiger partial charge in [0.25, 0.3) is 5.91 Å². The smallest absolute Gasteiger partial charge is 0.407 e. The number of alkyl carbamates (subject to hydrolysis) is 1. The molecular weight excluding hydrogens is 406 g/mol. The number of carbonyl (C=O) groups excluding carboxylic acids is 3. The van der Waals surface area contributed by atoms with Gasteiger partial charge in [0.2, 0.25) is 5.91 Å². The van der Waals surface area contributed by atoms with Crippen LogP contribution in [0.25, 0.3) is 0 Å². The summed E-state index contributed by atoms with van der Waals surface area (Å²) >= 11 is 0. The van der Waals surface area contributed by atoms with E-state index in [0.717, 1.165) is 5.56 Å². The number of hydrogen-bond donors (Lipinski definition) is 3. The number of hydrogen-bond acceptors (Lipinski definition) is 4. The van der Waals surface area contributed by atoms with Gasteiger partial charge in [-0.2, -0.15) is 0 Å². The largest absolute Gasteiger partial charge is 0.444 e. The van der Waals surface area contributed by atoms with Crippen LogP contribution in [0.15, 0.2) is 48.5 Å². The molecule has 32 heavy (non-hydrogen) atoms. The minimum atomic E-state index is -0.601. The van der Waals surface area contributed by atoms with E-state index in [0.29, 0.717) is 16.9 Å². The van der Waals surface area contributed by atoms with E-state index < -0.39 is 11.7 Å². The van der Waals surface area contributed by atoms with Crippen molar-refractivity contribution in [3.63, 3.8) is 0 Å². The third-order valence-electron chi connectivity index (χ3n) is 4.48. The number of para-hydroxylation sites is 2. The Bertz CT molecular complexity index is 954. The standard InChI is InChI=1S/C25H33N3O4/c1-24(2,3)18-13-11-17(12-14-18)22(30)28-20-10-8-7-9-19(20)27-21(29)15-16-26-23(31)32-25(4,5)6/h7-14H,15-16H2,1-6H3,(H,26,31)(H,27,29)(H,28,30). The monoisotopic (exact) mass is 439 g/mol. The molecule has 0 saturated carbocycles. The molecule has 0 fully saturated rings. The van der Waals surface area contributed by atoms with Crippen LogP contribution >= 0.6 is 0 Å². The number of rotatable bonds is 6. The molecule has 0 radical (unpaired) electrons. The first-order valence-corrected chi connectivity index (χ1v) is 10.6. The van der Waals surface area contributed by atoms with Gasteiger partial charge in [-0.15, -0.1) is 0 Å². The van der Waals surface area contributed by atoms with Crippen molar-refractivity contribution in [2.24, 2.45) is 0 Å². The SMILES string of the molecule is CC(C)(C)OC(=O)NCCC(=O)Nc1ccccc1NC(=O)c1ccc(C(C)(C)C)cc1. The van der Waals surface area contributed by atoms with Crippen LogP contribution in [0.3, 0.4) is 0 Å². The molecule has 172 valence electrons. The fourth-order valence-electron chi connectivity index (χ4n) is 2.82. The van der Waals surface area contributed by atoms with Crippen molar-refractivity contribution in [3.05, 3.63) is 59.7 Å². The van der Waals surface area contributed by atoms with E-state index in [2.05, 4.69) is 36.7 Å². The molecule has 7 nitrogen and oxygen atoms in total. The van der Waals surface area contributed by atoms with Crippen LogP contribution in [0.4, 0.5) is 16.2 Å². The first-order valence-electron chi connectivity index (χ1n) is 10.6. The summed E-state index contributed by atoms with van der Waals surface area (Å²) in [6, 6.07) is 14.4. The molecule has 0 atom stereocenters. The Morgan fingerprint density at radius 3 is 1.91 bits per heavy atom. The van der Waals surface area contributed by atoms with Gasteiger partial charge in [0.15, 0.2) is 0 Å². The van der Waals surface area contributed by atoms with Gasteiger partial charge in [0.1, 0.15) is 5.60 Å². The van der Waals surface area contributed by atoms with E-state index in [-0.39, 0.29) is 30.2 Å². The van der Waals surface area contributed by atoms with Crippen molar-refractivity contribution in [3.8, 4) is 0 Å². The van der Waals surface area contributed by atoms with E-state index in [9.17, 15) is 14.4 Å². The maximum absolute atomic E-state index is 12.7. The molecule has 0 bridgehead atoms. The fourth-order valence-corrected chi connectivity index (χ4v) is 2.82. The lowest BCUT2D eigenvalue weighted by Gasteiger charge is -2.19. The molecule has 7 heteroatoms. The van der Waals surface area contributed by atoms with Gasteiger partial charge in [-0.1, -0.05) is 45.0 Å². The molecule has 0 aromatic heterocycles. The summed E-state index contributed by atoms with van der Waals surface area (Å²) in [6.07, 6.45) is -0.508. The van der Waals surface area contributed by atoms with Gasteiger partial charge in [0, 0.05) is 18.5 Å². The van der Waals surface area contributed by atoms with Crippen molar-refractivity contribution in [1.29, 1.82) is 0 Å². The average Bonchev–Trinajstić information content (AvgIpc) is 2.67. The Hall–Kier alpha value is -3.35. The molecule has 0 heterocycles. The molecule has 2 rings (SSSR count). The summed E-state index contributed by atoms with van der Waals surface area (Å²) in [6.45, 7) is 11.8. The first-order chi connectivity index (χ1) is 14.8. The zero-order valence-electron chi connectivity index (χ0n) is 19.7. The van der Waals surface area contributed by atoms with Crippen LogP contribution in [0.1, 0.15) is 63.9 Å². The van der Waals surface area contributed by atoms with Crippen LogP contribution in [0.5, 0.6) is 0 Å². The maximum atomic E-state index is 12.7. The van der Waals surface area contributed by atoms with E-state index in [4.69, 9.17) is 4.74 Å². The zero-order chi connectivity index (χ0) is 23.9.